The second-order valence-corrected chi connectivity index (χ2v) is 5.73. The first-order valence-corrected chi connectivity index (χ1v) is 7.48. The molecule has 2 aromatic carbocycles. The van der Waals surface area contributed by atoms with E-state index in [0.29, 0.717) is 24.2 Å². The minimum absolute atomic E-state index is 0.149. The molecule has 0 atom stereocenters. The van der Waals surface area contributed by atoms with Gasteiger partial charge in [0.05, 0.1) is 10.2 Å². The lowest BCUT2D eigenvalue weighted by Gasteiger charge is -2.11. The molecular weight excluding hydrogens is 355 g/mol. The van der Waals surface area contributed by atoms with Gasteiger partial charge in [-0.3, -0.25) is 0 Å². The van der Waals surface area contributed by atoms with Crippen LogP contribution in [0.2, 0.25) is 0 Å². The fraction of sp³-hybridized carbons (Fsp3) is 0.133. The Hall–Kier alpha value is -1.66. The first-order chi connectivity index (χ1) is 9.99. The lowest BCUT2D eigenvalue weighted by atomic mass is 10.1. The summed E-state index contributed by atoms with van der Waals surface area (Å²) >= 11 is 8.02. The topological polar surface area (TPSA) is 58.3 Å². The van der Waals surface area contributed by atoms with Gasteiger partial charge in [0.2, 0.25) is 0 Å². The second kappa shape index (κ2) is 6.87. The van der Waals surface area contributed by atoms with Gasteiger partial charge in [0.15, 0.2) is 5.82 Å². The zero-order valence-corrected chi connectivity index (χ0v) is 13.5. The van der Waals surface area contributed by atoms with E-state index < -0.39 is 5.82 Å². The SMILES string of the molecule is NC(=S)c1ccc(NCCc2ccc(O)cc2)c(F)c1Br. The molecule has 0 aromatic heterocycles. The molecule has 21 heavy (non-hydrogen) atoms. The predicted molar refractivity (Wildman–Crippen MR) is 90.3 cm³/mol. The largest absolute Gasteiger partial charge is 0.508 e. The first kappa shape index (κ1) is 15.7. The number of hydrogen-bond donors (Lipinski definition) is 3. The lowest BCUT2D eigenvalue weighted by Crippen LogP contribution is -2.12. The van der Waals surface area contributed by atoms with Crippen molar-refractivity contribution in [3.8, 4) is 5.75 Å². The van der Waals surface area contributed by atoms with Crippen LogP contribution in [0.15, 0.2) is 40.9 Å². The number of aromatic hydroxyl groups is 1. The first-order valence-electron chi connectivity index (χ1n) is 6.28. The van der Waals surface area contributed by atoms with Crippen molar-refractivity contribution in [2.75, 3.05) is 11.9 Å². The van der Waals surface area contributed by atoms with Crippen molar-refractivity contribution in [3.63, 3.8) is 0 Å². The average molecular weight is 369 g/mol. The summed E-state index contributed by atoms with van der Waals surface area (Å²) in [6, 6.07) is 10.2. The molecule has 2 aromatic rings. The third-order valence-corrected chi connectivity index (χ3v) is 4.01. The van der Waals surface area contributed by atoms with E-state index in [4.69, 9.17) is 18.0 Å². The van der Waals surface area contributed by atoms with Gasteiger partial charge in [0, 0.05) is 12.1 Å². The number of phenols is 1. The molecule has 0 spiro atoms. The molecule has 0 aliphatic rings. The van der Waals surface area contributed by atoms with Crippen molar-refractivity contribution in [3.05, 3.63) is 57.8 Å². The Kier molecular flexibility index (Phi) is 5.14. The number of thiocarbonyl (C=S) groups is 1. The number of nitrogens with two attached hydrogens (primary N) is 1. The number of phenolic OH excluding ortho intramolecular Hbond substituents is 1. The second-order valence-electron chi connectivity index (χ2n) is 4.50. The minimum atomic E-state index is -0.411. The van der Waals surface area contributed by atoms with Crippen molar-refractivity contribution in [1.82, 2.24) is 0 Å². The van der Waals surface area contributed by atoms with E-state index in [1.165, 1.54) is 0 Å². The maximum atomic E-state index is 14.1. The molecule has 3 nitrogen and oxygen atoms in total. The number of halogens is 2. The summed E-state index contributed by atoms with van der Waals surface area (Å²) in [6.45, 7) is 0.570. The summed E-state index contributed by atoms with van der Waals surface area (Å²) in [6.07, 6.45) is 0.717. The molecule has 0 unspecified atom stereocenters. The Morgan fingerprint density at radius 2 is 1.90 bits per heavy atom. The summed E-state index contributed by atoms with van der Waals surface area (Å²) in [5.41, 5.74) is 7.44. The van der Waals surface area contributed by atoms with Gasteiger partial charge in [-0.25, -0.2) is 4.39 Å². The van der Waals surface area contributed by atoms with Crippen LogP contribution in [0.25, 0.3) is 0 Å². The van der Waals surface area contributed by atoms with Crippen LogP contribution in [0.3, 0.4) is 0 Å². The predicted octanol–water partition coefficient (Wildman–Crippen LogP) is 3.58. The average Bonchev–Trinajstić information content (AvgIpc) is 2.45. The van der Waals surface area contributed by atoms with E-state index in [2.05, 4.69) is 21.2 Å². The van der Waals surface area contributed by atoms with Crippen molar-refractivity contribution in [1.29, 1.82) is 0 Å². The molecular formula is C15H14BrFN2OS. The number of anilines is 1. The van der Waals surface area contributed by atoms with Crippen LogP contribution in [0, 0.1) is 5.82 Å². The third kappa shape index (κ3) is 3.92. The fourth-order valence-electron chi connectivity index (χ4n) is 1.88. The summed E-state index contributed by atoms with van der Waals surface area (Å²) < 4.78 is 14.4. The van der Waals surface area contributed by atoms with Crippen LogP contribution in [0.5, 0.6) is 5.75 Å². The van der Waals surface area contributed by atoms with E-state index >= 15 is 0 Å². The van der Waals surface area contributed by atoms with Crippen molar-refractivity contribution in [2.45, 2.75) is 6.42 Å². The Morgan fingerprint density at radius 1 is 1.24 bits per heavy atom. The standard InChI is InChI=1S/C15H14BrFN2OS/c16-13-11(15(18)21)5-6-12(14(13)17)19-8-7-9-1-3-10(20)4-2-9/h1-6,19-20H,7-8H2,(H2,18,21). The molecule has 0 fully saturated rings. The maximum Gasteiger partial charge on any atom is 0.161 e. The van der Waals surface area contributed by atoms with E-state index in [-0.39, 0.29) is 15.2 Å². The highest BCUT2D eigenvalue weighted by molar-refractivity contribution is 9.10. The van der Waals surface area contributed by atoms with Gasteiger partial charge in [-0.1, -0.05) is 24.4 Å². The van der Waals surface area contributed by atoms with Gasteiger partial charge in [-0.05, 0) is 52.2 Å². The molecule has 6 heteroatoms. The molecule has 4 N–H and O–H groups in total. The molecule has 2 rings (SSSR count). The molecule has 0 aliphatic carbocycles. The highest BCUT2D eigenvalue weighted by Gasteiger charge is 2.12. The number of benzene rings is 2. The van der Waals surface area contributed by atoms with E-state index in [9.17, 15) is 9.50 Å². The molecule has 0 radical (unpaired) electrons. The zero-order valence-electron chi connectivity index (χ0n) is 11.1. The summed E-state index contributed by atoms with van der Waals surface area (Å²) in [5.74, 6) is -0.180. The smallest absolute Gasteiger partial charge is 0.161 e. The van der Waals surface area contributed by atoms with Gasteiger partial charge >= 0.3 is 0 Å². The molecule has 0 bridgehead atoms. The fourth-order valence-corrected chi connectivity index (χ4v) is 2.74. The van der Waals surface area contributed by atoms with Crippen LogP contribution in [0.4, 0.5) is 10.1 Å². The van der Waals surface area contributed by atoms with E-state index in [1.807, 2.05) is 12.1 Å². The molecule has 110 valence electrons. The van der Waals surface area contributed by atoms with Gasteiger partial charge in [-0.2, -0.15) is 0 Å². The van der Waals surface area contributed by atoms with Crippen LogP contribution < -0.4 is 11.1 Å². The van der Waals surface area contributed by atoms with Gasteiger partial charge in [-0.15, -0.1) is 0 Å². The van der Waals surface area contributed by atoms with Gasteiger partial charge in [0.1, 0.15) is 10.7 Å². The van der Waals surface area contributed by atoms with Crippen molar-refractivity contribution >= 4 is 38.8 Å². The summed E-state index contributed by atoms with van der Waals surface area (Å²) in [4.78, 5) is 0.149. The van der Waals surface area contributed by atoms with Crippen LogP contribution in [0.1, 0.15) is 11.1 Å². The number of hydrogen-bond acceptors (Lipinski definition) is 3. The monoisotopic (exact) mass is 368 g/mol. The quantitative estimate of drug-likeness (QED) is 0.706. The van der Waals surface area contributed by atoms with Crippen molar-refractivity contribution < 1.29 is 9.50 Å². The maximum absolute atomic E-state index is 14.1. The number of nitrogens with one attached hydrogen (secondary N) is 1. The Labute approximate surface area is 136 Å². The normalized spacial score (nSPS) is 10.4. The number of rotatable bonds is 5. The lowest BCUT2D eigenvalue weighted by molar-refractivity contribution is 0.475. The van der Waals surface area contributed by atoms with Gasteiger partial charge in [0.25, 0.3) is 0 Å². The van der Waals surface area contributed by atoms with Crippen LogP contribution >= 0.6 is 28.1 Å². The minimum Gasteiger partial charge on any atom is -0.508 e. The Bertz CT molecular complexity index is 661. The molecule has 0 amide bonds. The van der Waals surface area contributed by atoms with Crippen LogP contribution in [-0.4, -0.2) is 16.6 Å². The summed E-state index contributed by atoms with van der Waals surface area (Å²) in [5, 5.41) is 12.2. The Balaban J connectivity index is 2.02. The highest BCUT2D eigenvalue weighted by Crippen LogP contribution is 2.27. The molecule has 0 aliphatic heterocycles. The molecule has 0 saturated carbocycles. The third-order valence-electron chi connectivity index (χ3n) is 3.01. The summed E-state index contributed by atoms with van der Waals surface area (Å²) in [7, 11) is 0. The van der Waals surface area contributed by atoms with E-state index in [1.54, 1.807) is 24.3 Å². The highest BCUT2D eigenvalue weighted by atomic mass is 79.9. The zero-order chi connectivity index (χ0) is 15.4. The molecule has 0 heterocycles. The van der Waals surface area contributed by atoms with Crippen molar-refractivity contribution in [2.24, 2.45) is 5.73 Å². The molecule has 0 saturated heterocycles. The van der Waals surface area contributed by atoms with E-state index in [0.717, 1.165) is 5.56 Å². The Morgan fingerprint density at radius 3 is 2.52 bits per heavy atom. The van der Waals surface area contributed by atoms with Gasteiger partial charge < -0.3 is 16.2 Å². The van der Waals surface area contributed by atoms with Crippen LogP contribution in [-0.2, 0) is 6.42 Å².